The van der Waals surface area contributed by atoms with E-state index in [0.29, 0.717) is 4.90 Å². The molecule has 0 amide bonds. The van der Waals surface area contributed by atoms with Gasteiger partial charge in [-0.05, 0) is 42.3 Å². The summed E-state index contributed by atoms with van der Waals surface area (Å²) in [5, 5.41) is 0. The van der Waals surface area contributed by atoms with E-state index in [1.54, 1.807) is 37.5 Å². The van der Waals surface area contributed by atoms with Crippen molar-refractivity contribution >= 4 is 15.9 Å². The maximum atomic E-state index is 12.2. The van der Waals surface area contributed by atoms with Crippen molar-refractivity contribution in [2.45, 2.75) is 11.8 Å². The summed E-state index contributed by atoms with van der Waals surface area (Å²) in [6.07, 6.45) is 3.45. The number of aryl methyl sites for hydroxylation is 1. The first-order valence-corrected chi connectivity index (χ1v) is 8.26. The topological polar surface area (TPSA) is 43.4 Å². The fourth-order valence-corrected chi connectivity index (χ4v) is 3.15. The predicted molar refractivity (Wildman–Crippen MR) is 85.3 cm³/mol. The van der Waals surface area contributed by atoms with Crippen LogP contribution in [-0.2, 0) is 9.84 Å². The minimum Gasteiger partial charge on any atom is -0.497 e. The van der Waals surface area contributed by atoms with E-state index in [4.69, 9.17) is 4.74 Å². The van der Waals surface area contributed by atoms with Crippen LogP contribution in [0.4, 0.5) is 0 Å². The van der Waals surface area contributed by atoms with Gasteiger partial charge >= 0.3 is 0 Å². The molecule has 0 aliphatic heterocycles. The Bertz CT molecular complexity index is 746. The van der Waals surface area contributed by atoms with E-state index in [9.17, 15) is 8.42 Å². The quantitative estimate of drug-likeness (QED) is 0.849. The molecule has 3 nitrogen and oxygen atoms in total. The molecule has 0 atom stereocenters. The number of sulfone groups is 1. The van der Waals surface area contributed by atoms with Gasteiger partial charge in [0.25, 0.3) is 0 Å². The highest BCUT2D eigenvalue weighted by Crippen LogP contribution is 2.16. The highest BCUT2D eigenvalue weighted by molar-refractivity contribution is 7.91. The lowest BCUT2D eigenvalue weighted by Gasteiger charge is -2.03. The van der Waals surface area contributed by atoms with E-state index >= 15 is 0 Å². The third-order valence-corrected chi connectivity index (χ3v) is 4.67. The van der Waals surface area contributed by atoms with Crippen LogP contribution in [0.15, 0.2) is 59.5 Å². The molecule has 2 aromatic rings. The molecule has 0 spiro atoms. The second-order valence-corrected chi connectivity index (χ2v) is 6.81. The normalized spacial score (nSPS) is 11.7. The van der Waals surface area contributed by atoms with Crippen molar-refractivity contribution in [1.29, 1.82) is 0 Å². The monoisotopic (exact) mass is 302 g/mol. The van der Waals surface area contributed by atoms with Gasteiger partial charge in [-0.25, -0.2) is 8.42 Å². The summed E-state index contributed by atoms with van der Waals surface area (Å²) in [4.78, 5) is 0.359. The molecular weight excluding hydrogens is 284 g/mol. The van der Waals surface area contributed by atoms with Gasteiger partial charge in [-0.3, -0.25) is 0 Å². The molecule has 0 bridgehead atoms. The predicted octanol–water partition coefficient (Wildman–Crippen LogP) is 3.49. The van der Waals surface area contributed by atoms with E-state index in [2.05, 4.69) is 0 Å². The molecule has 0 fully saturated rings. The molecule has 0 aliphatic rings. The zero-order valence-corrected chi connectivity index (χ0v) is 12.9. The van der Waals surface area contributed by atoms with E-state index in [1.165, 1.54) is 0 Å². The van der Waals surface area contributed by atoms with Crippen molar-refractivity contribution in [3.63, 3.8) is 0 Å². The Hall–Kier alpha value is -2.07. The first-order valence-electron chi connectivity index (χ1n) is 6.61. The molecule has 21 heavy (non-hydrogen) atoms. The van der Waals surface area contributed by atoms with Crippen LogP contribution in [0.25, 0.3) is 6.08 Å². The van der Waals surface area contributed by atoms with Gasteiger partial charge < -0.3 is 4.74 Å². The van der Waals surface area contributed by atoms with Crippen LogP contribution >= 0.6 is 0 Å². The van der Waals surface area contributed by atoms with Crippen molar-refractivity contribution in [3.05, 3.63) is 65.7 Å². The Morgan fingerprint density at radius 3 is 2.57 bits per heavy atom. The standard InChI is InChI=1S/C17H18O3S/c1-14-6-3-10-17(12-14)21(18,19)11-5-8-15-7-4-9-16(13-15)20-2/h3-10,12-13H,11H2,1-2H3/b8-5+. The van der Waals surface area contributed by atoms with Gasteiger partial charge in [0.15, 0.2) is 9.84 Å². The van der Waals surface area contributed by atoms with Crippen LogP contribution < -0.4 is 4.74 Å². The second kappa shape index (κ2) is 6.59. The zero-order valence-electron chi connectivity index (χ0n) is 12.1. The number of hydrogen-bond acceptors (Lipinski definition) is 3. The van der Waals surface area contributed by atoms with Crippen molar-refractivity contribution in [2.75, 3.05) is 12.9 Å². The molecule has 0 aromatic heterocycles. The Morgan fingerprint density at radius 2 is 1.86 bits per heavy atom. The SMILES string of the molecule is COc1cccc(/C=C/CS(=O)(=O)c2cccc(C)c2)c1. The highest BCUT2D eigenvalue weighted by atomic mass is 32.2. The van der Waals surface area contributed by atoms with E-state index < -0.39 is 9.84 Å². The lowest BCUT2D eigenvalue weighted by Crippen LogP contribution is -2.04. The number of methoxy groups -OCH3 is 1. The smallest absolute Gasteiger partial charge is 0.181 e. The molecule has 0 N–H and O–H groups in total. The number of benzene rings is 2. The van der Waals surface area contributed by atoms with E-state index in [-0.39, 0.29) is 5.75 Å². The molecule has 2 rings (SSSR count). The van der Waals surface area contributed by atoms with Crippen LogP contribution in [-0.4, -0.2) is 21.3 Å². The summed E-state index contributed by atoms with van der Waals surface area (Å²) >= 11 is 0. The van der Waals surface area contributed by atoms with Gasteiger partial charge in [0.1, 0.15) is 5.75 Å². The lowest BCUT2D eigenvalue weighted by atomic mass is 10.2. The van der Waals surface area contributed by atoms with Gasteiger partial charge in [0.2, 0.25) is 0 Å². The third-order valence-electron chi connectivity index (χ3n) is 3.07. The molecule has 0 unspecified atom stereocenters. The Kier molecular flexibility index (Phi) is 4.81. The molecule has 0 saturated heterocycles. The summed E-state index contributed by atoms with van der Waals surface area (Å²) in [7, 11) is -1.68. The third kappa shape index (κ3) is 4.20. The molecule has 2 aromatic carbocycles. The number of ether oxygens (including phenoxy) is 1. The van der Waals surface area contributed by atoms with Crippen molar-refractivity contribution in [3.8, 4) is 5.75 Å². The van der Waals surface area contributed by atoms with Gasteiger partial charge in [0.05, 0.1) is 17.8 Å². The molecule has 0 radical (unpaired) electrons. The van der Waals surface area contributed by atoms with Crippen molar-refractivity contribution in [2.24, 2.45) is 0 Å². The van der Waals surface area contributed by atoms with Crippen LogP contribution in [0, 0.1) is 6.92 Å². The maximum absolute atomic E-state index is 12.2. The summed E-state index contributed by atoms with van der Waals surface area (Å²) in [6, 6.07) is 14.4. The summed E-state index contributed by atoms with van der Waals surface area (Å²) < 4.78 is 29.6. The number of rotatable bonds is 5. The van der Waals surface area contributed by atoms with Crippen LogP contribution in [0.5, 0.6) is 5.75 Å². The van der Waals surface area contributed by atoms with E-state index in [1.807, 2.05) is 37.3 Å². The molecular formula is C17H18O3S. The van der Waals surface area contributed by atoms with Crippen molar-refractivity contribution < 1.29 is 13.2 Å². The van der Waals surface area contributed by atoms with Gasteiger partial charge in [-0.2, -0.15) is 0 Å². The maximum Gasteiger partial charge on any atom is 0.181 e. The fraction of sp³-hybridized carbons (Fsp3) is 0.176. The second-order valence-electron chi connectivity index (χ2n) is 4.78. The first kappa shape index (κ1) is 15.3. The molecule has 4 heteroatoms. The summed E-state index contributed by atoms with van der Waals surface area (Å²) in [5.74, 6) is 0.729. The highest BCUT2D eigenvalue weighted by Gasteiger charge is 2.11. The average molecular weight is 302 g/mol. The minimum atomic E-state index is -3.29. The number of hydrogen-bond donors (Lipinski definition) is 0. The first-order chi connectivity index (χ1) is 10.0. The Balaban J connectivity index is 2.12. The Labute approximate surface area is 125 Å². The van der Waals surface area contributed by atoms with Crippen LogP contribution in [0.1, 0.15) is 11.1 Å². The van der Waals surface area contributed by atoms with Crippen molar-refractivity contribution in [1.82, 2.24) is 0 Å². The largest absolute Gasteiger partial charge is 0.497 e. The molecule has 0 aliphatic carbocycles. The Morgan fingerprint density at radius 1 is 1.10 bits per heavy atom. The molecule has 0 saturated carbocycles. The molecule has 0 heterocycles. The minimum absolute atomic E-state index is 0.0202. The zero-order chi connectivity index (χ0) is 15.3. The average Bonchev–Trinajstić information content (AvgIpc) is 2.47. The van der Waals surface area contributed by atoms with Gasteiger partial charge in [0, 0.05) is 0 Å². The summed E-state index contributed by atoms with van der Waals surface area (Å²) in [6.45, 7) is 1.88. The fourth-order valence-electron chi connectivity index (χ4n) is 1.96. The van der Waals surface area contributed by atoms with Gasteiger partial charge in [-0.15, -0.1) is 0 Å². The van der Waals surface area contributed by atoms with Crippen LogP contribution in [0.3, 0.4) is 0 Å². The van der Waals surface area contributed by atoms with Gasteiger partial charge in [-0.1, -0.05) is 36.4 Å². The summed E-state index contributed by atoms with van der Waals surface area (Å²) in [5.41, 5.74) is 1.85. The lowest BCUT2D eigenvalue weighted by molar-refractivity contribution is 0.414. The van der Waals surface area contributed by atoms with E-state index in [0.717, 1.165) is 16.9 Å². The molecule has 110 valence electrons. The van der Waals surface area contributed by atoms with Crippen LogP contribution in [0.2, 0.25) is 0 Å².